The molecule has 104 valence electrons. The van der Waals surface area contributed by atoms with Crippen LogP contribution in [0.1, 0.15) is 32.6 Å². The molecule has 1 aromatic carbocycles. The fraction of sp³-hybridized carbons (Fsp3) is 0.533. The summed E-state index contributed by atoms with van der Waals surface area (Å²) in [7, 11) is 0. The number of thioether (sulfide) groups is 1. The number of nitrogens with one attached hydrogen (secondary N) is 2. The van der Waals surface area contributed by atoms with Crippen molar-refractivity contribution < 1.29 is 0 Å². The van der Waals surface area contributed by atoms with Crippen LogP contribution in [0.15, 0.2) is 29.2 Å². The van der Waals surface area contributed by atoms with Gasteiger partial charge in [0, 0.05) is 16.6 Å². The maximum absolute atomic E-state index is 5.40. The van der Waals surface area contributed by atoms with E-state index in [0.29, 0.717) is 12.0 Å². The van der Waals surface area contributed by atoms with Crippen molar-refractivity contribution in [3.8, 4) is 0 Å². The summed E-state index contributed by atoms with van der Waals surface area (Å²) in [5, 5.41) is 7.48. The van der Waals surface area contributed by atoms with Gasteiger partial charge in [0.05, 0.1) is 0 Å². The van der Waals surface area contributed by atoms with Gasteiger partial charge in [0.1, 0.15) is 0 Å². The van der Waals surface area contributed by atoms with E-state index in [9.17, 15) is 0 Å². The van der Waals surface area contributed by atoms with Crippen LogP contribution < -0.4 is 10.6 Å². The predicted molar refractivity (Wildman–Crippen MR) is 89.0 cm³/mol. The summed E-state index contributed by atoms with van der Waals surface area (Å²) in [4.78, 5) is 1.27. The number of thiocarbonyl (C=S) groups is 1. The molecule has 0 saturated heterocycles. The maximum atomic E-state index is 5.40. The molecule has 0 bridgehead atoms. The van der Waals surface area contributed by atoms with Crippen molar-refractivity contribution >= 4 is 34.8 Å². The quantitative estimate of drug-likeness (QED) is 0.642. The first-order valence-electron chi connectivity index (χ1n) is 6.90. The van der Waals surface area contributed by atoms with Crippen molar-refractivity contribution in [2.75, 3.05) is 11.6 Å². The van der Waals surface area contributed by atoms with E-state index < -0.39 is 0 Å². The Balaban J connectivity index is 1.86. The third-order valence-corrected chi connectivity index (χ3v) is 4.74. The molecule has 2 nitrogen and oxygen atoms in total. The molecular formula is C15H22N2S2. The average Bonchev–Trinajstić information content (AvgIpc) is 2.42. The second-order valence-electron chi connectivity index (χ2n) is 5.20. The highest BCUT2D eigenvalue weighted by Gasteiger charge is 2.21. The van der Waals surface area contributed by atoms with E-state index in [2.05, 4.69) is 48.1 Å². The highest BCUT2D eigenvalue weighted by Crippen LogP contribution is 2.24. The fourth-order valence-electron chi connectivity index (χ4n) is 2.54. The summed E-state index contributed by atoms with van der Waals surface area (Å²) in [5.41, 5.74) is 1.05. The Kier molecular flexibility index (Phi) is 5.52. The zero-order valence-electron chi connectivity index (χ0n) is 11.6. The molecule has 1 saturated carbocycles. The molecule has 2 atom stereocenters. The van der Waals surface area contributed by atoms with Crippen molar-refractivity contribution in [1.29, 1.82) is 0 Å². The Morgan fingerprint density at radius 3 is 2.53 bits per heavy atom. The molecule has 4 heteroatoms. The first-order valence-corrected chi connectivity index (χ1v) is 8.54. The van der Waals surface area contributed by atoms with Crippen LogP contribution in [-0.4, -0.2) is 17.4 Å². The molecule has 19 heavy (non-hydrogen) atoms. The summed E-state index contributed by atoms with van der Waals surface area (Å²) < 4.78 is 0. The van der Waals surface area contributed by atoms with E-state index in [-0.39, 0.29) is 0 Å². The molecule has 1 aliphatic carbocycles. The van der Waals surface area contributed by atoms with E-state index in [1.165, 1.54) is 30.6 Å². The minimum atomic E-state index is 0.527. The second kappa shape index (κ2) is 7.15. The Morgan fingerprint density at radius 1 is 1.21 bits per heavy atom. The van der Waals surface area contributed by atoms with Crippen molar-refractivity contribution in [2.24, 2.45) is 5.92 Å². The number of hydrogen-bond acceptors (Lipinski definition) is 2. The van der Waals surface area contributed by atoms with Crippen LogP contribution in [0, 0.1) is 5.92 Å². The lowest BCUT2D eigenvalue weighted by atomic mass is 9.86. The van der Waals surface area contributed by atoms with Crippen LogP contribution in [0.25, 0.3) is 0 Å². The van der Waals surface area contributed by atoms with Crippen LogP contribution in [0.4, 0.5) is 5.69 Å². The van der Waals surface area contributed by atoms with Crippen LogP contribution in [0.5, 0.6) is 0 Å². The molecular weight excluding hydrogens is 272 g/mol. The van der Waals surface area contributed by atoms with Gasteiger partial charge in [-0.25, -0.2) is 0 Å². The largest absolute Gasteiger partial charge is 0.359 e. The highest BCUT2D eigenvalue weighted by atomic mass is 32.2. The van der Waals surface area contributed by atoms with Gasteiger partial charge in [-0.1, -0.05) is 19.8 Å². The molecule has 0 aromatic heterocycles. The van der Waals surface area contributed by atoms with E-state index in [0.717, 1.165) is 10.8 Å². The summed E-state index contributed by atoms with van der Waals surface area (Å²) in [5.74, 6) is 0.715. The lowest BCUT2D eigenvalue weighted by Gasteiger charge is -2.30. The topological polar surface area (TPSA) is 24.1 Å². The normalized spacial score (nSPS) is 22.8. The van der Waals surface area contributed by atoms with Crippen molar-refractivity contribution in [3.63, 3.8) is 0 Å². The van der Waals surface area contributed by atoms with E-state index in [1.54, 1.807) is 11.8 Å². The number of anilines is 1. The molecule has 1 aromatic rings. The first kappa shape index (κ1) is 14.7. The Morgan fingerprint density at radius 2 is 1.89 bits per heavy atom. The van der Waals surface area contributed by atoms with Crippen LogP contribution in [0.3, 0.4) is 0 Å². The van der Waals surface area contributed by atoms with Gasteiger partial charge in [0.15, 0.2) is 5.11 Å². The van der Waals surface area contributed by atoms with E-state index in [1.807, 2.05) is 0 Å². The summed E-state index contributed by atoms with van der Waals surface area (Å²) in [6, 6.07) is 8.89. The SMILES string of the molecule is CSc1ccc(NC(=S)N[C@@H]2CCCC[C@@H]2C)cc1. The minimum absolute atomic E-state index is 0.527. The van der Waals surface area contributed by atoms with Crippen molar-refractivity contribution in [2.45, 2.75) is 43.5 Å². The number of hydrogen-bond donors (Lipinski definition) is 2. The molecule has 0 spiro atoms. The zero-order chi connectivity index (χ0) is 13.7. The summed E-state index contributed by atoms with van der Waals surface area (Å²) in [6.45, 7) is 2.31. The second-order valence-corrected chi connectivity index (χ2v) is 6.48. The third-order valence-electron chi connectivity index (χ3n) is 3.78. The fourth-order valence-corrected chi connectivity index (χ4v) is 3.22. The van der Waals surface area contributed by atoms with Gasteiger partial charge in [-0.15, -0.1) is 11.8 Å². The molecule has 0 aliphatic heterocycles. The number of rotatable bonds is 3. The van der Waals surface area contributed by atoms with Crippen molar-refractivity contribution in [1.82, 2.24) is 5.32 Å². The smallest absolute Gasteiger partial charge is 0.171 e. The molecule has 1 aliphatic rings. The van der Waals surface area contributed by atoms with Gasteiger partial charge in [-0.2, -0.15) is 0 Å². The maximum Gasteiger partial charge on any atom is 0.171 e. The van der Waals surface area contributed by atoms with E-state index in [4.69, 9.17) is 12.2 Å². The Bertz CT molecular complexity index is 417. The Labute approximate surface area is 125 Å². The summed E-state index contributed by atoms with van der Waals surface area (Å²) in [6.07, 6.45) is 7.29. The van der Waals surface area contributed by atoms with Gasteiger partial charge < -0.3 is 10.6 Å². The molecule has 0 unspecified atom stereocenters. The minimum Gasteiger partial charge on any atom is -0.359 e. The van der Waals surface area contributed by atoms with Crippen LogP contribution >= 0.6 is 24.0 Å². The van der Waals surface area contributed by atoms with Gasteiger partial charge in [-0.05, 0) is 61.5 Å². The van der Waals surface area contributed by atoms with Crippen LogP contribution in [-0.2, 0) is 0 Å². The molecule has 0 amide bonds. The summed E-state index contributed by atoms with van der Waals surface area (Å²) >= 11 is 7.15. The Hall–Kier alpha value is -0.740. The lowest BCUT2D eigenvalue weighted by molar-refractivity contribution is 0.309. The van der Waals surface area contributed by atoms with Gasteiger partial charge >= 0.3 is 0 Å². The van der Waals surface area contributed by atoms with Crippen molar-refractivity contribution in [3.05, 3.63) is 24.3 Å². The van der Waals surface area contributed by atoms with Gasteiger partial charge in [0.2, 0.25) is 0 Å². The first-order chi connectivity index (χ1) is 9.19. The lowest BCUT2D eigenvalue weighted by Crippen LogP contribution is -2.43. The average molecular weight is 294 g/mol. The van der Waals surface area contributed by atoms with Crippen LogP contribution in [0.2, 0.25) is 0 Å². The third kappa shape index (κ3) is 4.39. The van der Waals surface area contributed by atoms with Gasteiger partial charge in [-0.3, -0.25) is 0 Å². The van der Waals surface area contributed by atoms with Gasteiger partial charge in [0.25, 0.3) is 0 Å². The molecule has 1 fully saturated rings. The van der Waals surface area contributed by atoms with E-state index >= 15 is 0 Å². The number of benzene rings is 1. The molecule has 2 N–H and O–H groups in total. The predicted octanol–water partition coefficient (Wildman–Crippen LogP) is 4.27. The zero-order valence-corrected chi connectivity index (χ0v) is 13.2. The highest BCUT2D eigenvalue weighted by molar-refractivity contribution is 7.98. The standard InChI is InChI=1S/C15H22N2S2/c1-11-5-3-4-6-14(11)17-15(18)16-12-7-9-13(19-2)10-8-12/h7-11,14H,3-6H2,1-2H3,(H2,16,17,18)/t11-,14+/m0/s1. The molecule has 0 radical (unpaired) electrons. The molecule has 2 rings (SSSR count). The monoisotopic (exact) mass is 294 g/mol. The molecule has 0 heterocycles.